The van der Waals surface area contributed by atoms with Gasteiger partial charge in [-0.05, 0) is 12.0 Å². The maximum atomic E-state index is 8.75. The van der Waals surface area contributed by atoms with Gasteiger partial charge in [0.05, 0.1) is 12.5 Å². The van der Waals surface area contributed by atoms with Crippen LogP contribution < -0.4 is 0 Å². The summed E-state index contributed by atoms with van der Waals surface area (Å²) in [5.41, 5.74) is 1.25. The van der Waals surface area contributed by atoms with E-state index in [-0.39, 0.29) is 5.57 Å². The normalized spacial score (nSPS) is 8.68. The first-order valence-electron chi connectivity index (χ1n) is 5.97. The van der Waals surface area contributed by atoms with Gasteiger partial charge in [-0.25, -0.2) is 0 Å². The molecule has 0 aliphatic rings. The van der Waals surface area contributed by atoms with E-state index in [1.54, 1.807) is 0 Å². The molecule has 1 aromatic carbocycles. The van der Waals surface area contributed by atoms with Gasteiger partial charge in [-0.2, -0.15) is 15.8 Å². The van der Waals surface area contributed by atoms with Crippen molar-refractivity contribution in [1.29, 1.82) is 15.8 Å². The zero-order chi connectivity index (χ0) is 13.9. The lowest BCUT2D eigenvalue weighted by molar-refractivity contribution is 0.387. The molecule has 94 valence electrons. The first-order chi connectivity index (χ1) is 9.30. The van der Waals surface area contributed by atoms with Crippen LogP contribution in [0.15, 0.2) is 42.1 Å². The lowest BCUT2D eigenvalue weighted by atomic mass is 10.1. The number of hydrogen-bond donors (Lipinski definition) is 0. The maximum Gasteiger partial charge on any atom is 0.145 e. The summed E-state index contributed by atoms with van der Waals surface area (Å²) in [6.07, 6.45) is 2.71. The minimum Gasteiger partial charge on any atom is -0.374 e. The SMILES string of the molecule is N#CCCN(C=C(C#N)C#N)CCc1ccccc1. The van der Waals surface area contributed by atoms with Gasteiger partial charge in [-0.15, -0.1) is 0 Å². The van der Waals surface area contributed by atoms with Crippen molar-refractivity contribution in [2.45, 2.75) is 12.8 Å². The number of benzene rings is 1. The van der Waals surface area contributed by atoms with Crippen molar-refractivity contribution in [1.82, 2.24) is 4.90 Å². The first-order valence-corrected chi connectivity index (χ1v) is 5.97. The van der Waals surface area contributed by atoms with Gasteiger partial charge in [0, 0.05) is 19.3 Å². The Labute approximate surface area is 113 Å². The second-order valence-electron chi connectivity index (χ2n) is 3.95. The second kappa shape index (κ2) is 8.34. The molecule has 0 bridgehead atoms. The second-order valence-corrected chi connectivity index (χ2v) is 3.95. The molecule has 0 aliphatic heterocycles. The van der Waals surface area contributed by atoms with E-state index in [1.165, 1.54) is 11.8 Å². The summed E-state index contributed by atoms with van der Waals surface area (Å²) in [5.74, 6) is 0. The van der Waals surface area contributed by atoms with Crippen LogP contribution in [0.3, 0.4) is 0 Å². The molecule has 19 heavy (non-hydrogen) atoms. The molecule has 0 fully saturated rings. The third kappa shape index (κ3) is 5.39. The molecule has 0 amide bonds. The zero-order valence-corrected chi connectivity index (χ0v) is 10.6. The van der Waals surface area contributed by atoms with Crippen LogP contribution in [-0.2, 0) is 6.42 Å². The van der Waals surface area contributed by atoms with Crippen molar-refractivity contribution in [2.75, 3.05) is 13.1 Å². The Morgan fingerprint density at radius 2 is 1.74 bits per heavy atom. The summed E-state index contributed by atoms with van der Waals surface area (Å²) in [4.78, 5) is 1.85. The molecule has 1 rings (SSSR count). The highest BCUT2D eigenvalue weighted by Crippen LogP contribution is 2.04. The van der Waals surface area contributed by atoms with Gasteiger partial charge in [-0.3, -0.25) is 0 Å². The Hall–Kier alpha value is -2.77. The van der Waals surface area contributed by atoms with Crippen molar-refractivity contribution in [3.05, 3.63) is 47.7 Å². The van der Waals surface area contributed by atoms with Crippen molar-refractivity contribution >= 4 is 0 Å². The van der Waals surface area contributed by atoms with Gasteiger partial charge in [0.15, 0.2) is 0 Å². The molecule has 0 aliphatic carbocycles. The Kier molecular flexibility index (Phi) is 6.27. The Morgan fingerprint density at radius 3 is 2.32 bits per heavy atom. The number of allylic oxidation sites excluding steroid dienone is 1. The van der Waals surface area contributed by atoms with E-state index in [0.29, 0.717) is 19.5 Å². The topological polar surface area (TPSA) is 74.6 Å². The average molecular weight is 250 g/mol. The molecule has 0 aromatic heterocycles. The highest BCUT2D eigenvalue weighted by Gasteiger charge is 2.03. The number of nitriles is 3. The molecule has 0 unspecified atom stereocenters. The summed E-state index contributed by atoms with van der Waals surface area (Å²) < 4.78 is 0. The highest BCUT2D eigenvalue weighted by molar-refractivity contribution is 5.34. The van der Waals surface area contributed by atoms with Crippen molar-refractivity contribution in [2.24, 2.45) is 0 Å². The average Bonchev–Trinajstić information content (AvgIpc) is 2.47. The van der Waals surface area contributed by atoms with Gasteiger partial charge in [-0.1, -0.05) is 30.3 Å². The fourth-order valence-electron chi connectivity index (χ4n) is 1.62. The van der Waals surface area contributed by atoms with Crippen molar-refractivity contribution < 1.29 is 0 Å². The minimum atomic E-state index is 0.0611. The fourth-order valence-corrected chi connectivity index (χ4v) is 1.62. The summed E-state index contributed by atoms with van der Waals surface area (Å²) in [6.45, 7) is 1.20. The molecule has 4 nitrogen and oxygen atoms in total. The maximum absolute atomic E-state index is 8.75. The zero-order valence-electron chi connectivity index (χ0n) is 10.6. The molecule has 0 spiro atoms. The van der Waals surface area contributed by atoms with Gasteiger partial charge in [0.2, 0.25) is 0 Å². The van der Waals surface area contributed by atoms with E-state index in [9.17, 15) is 0 Å². The first kappa shape index (κ1) is 14.3. The van der Waals surface area contributed by atoms with Crippen LogP contribution >= 0.6 is 0 Å². The number of nitrogens with zero attached hydrogens (tertiary/aromatic N) is 4. The summed E-state index contributed by atoms with van der Waals surface area (Å²) >= 11 is 0. The van der Waals surface area contributed by atoms with Crippen LogP contribution in [0.2, 0.25) is 0 Å². The molecule has 0 atom stereocenters. The molecule has 0 radical (unpaired) electrons. The third-order valence-corrected chi connectivity index (χ3v) is 2.59. The van der Waals surface area contributed by atoms with Crippen molar-refractivity contribution in [3.63, 3.8) is 0 Å². The van der Waals surface area contributed by atoms with E-state index in [4.69, 9.17) is 15.8 Å². The highest BCUT2D eigenvalue weighted by atomic mass is 15.1. The predicted octanol–water partition coefficient (Wildman–Crippen LogP) is 2.38. The standard InChI is InChI=1S/C15H14N4/c16-8-4-9-19(13-15(11-17)12-18)10-7-14-5-2-1-3-6-14/h1-3,5-6,13H,4,7,9-10H2. The quantitative estimate of drug-likeness (QED) is 0.726. The van der Waals surface area contributed by atoms with E-state index in [2.05, 4.69) is 6.07 Å². The van der Waals surface area contributed by atoms with E-state index in [0.717, 1.165) is 6.42 Å². The summed E-state index contributed by atoms with van der Waals surface area (Å²) in [7, 11) is 0. The van der Waals surface area contributed by atoms with E-state index < -0.39 is 0 Å². The van der Waals surface area contributed by atoms with Crippen LogP contribution in [0.4, 0.5) is 0 Å². The van der Waals surface area contributed by atoms with Gasteiger partial charge >= 0.3 is 0 Å². The molecule has 1 aromatic rings. The van der Waals surface area contributed by atoms with Gasteiger partial charge in [0.25, 0.3) is 0 Å². The lowest BCUT2D eigenvalue weighted by Gasteiger charge is -2.18. The number of rotatable bonds is 6. The minimum absolute atomic E-state index is 0.0611. The molecule has 0 heterocycles. The Morgan fingerprint density at radius 1 is 1.05 bits per heavy atom. The largest absolute Gasteiger partial charge is 0.374 e. The fraction of sp³-hybridized carbons (Fsp3) is 0.267. The van der Waals surface area contributed by atoms with Gasteiger partial charge < -0.3 is 4.90 Å². The van der Waals surface area contributed by atoms with E-state index in [1.807, 2.05) is 47.4 Å². The predicted molar refractivity (Wildman–Crippen MR) is 71.3 cm³/mol. The Balaban J connectivity index is 2.66. The van der Waals surface area contributed by atoms with Crippen LogP contribution in [0.5, 0.6) is 0 Å². The lowest BCUT2D eigenvalue weighted by Crippen LogP contribution is -2.22. The van der Waals surface area contributed by atoms with Crippen LogP contribution in [0, 0.1) is 34.0 Å². The third-order valence-electron chi connectivity index (χ3n) is 2.59. The Bertz CT molecular complexity index is 524. The van der Waals surface area contributed by atoms with E-state index >= 15 is 0 Å². The van der Waals surface area contributed by atoms with Crippen LogP contribution in [0.1, 0.15) is 12.0 Å². The molecule has 0 saturated carbocycles. The van der Waals surface area contributed by atoms with Gasteiger partial charge in [0.1, 0.15) is 17.7 Å². The van der Waals surface area contributed by atoms with Crippen LogP contribution in [0.25, 0.3) is 0 Å². The van der Waals surface area contributed by atoms with Crippen LogP contribution in [-0.4, -0.2) is 18.0 Å². The van der Waals surface area contributed by atoms with Crippen molar-refractivity contribution in [3.8, 4) is 18.2 Å². The molecular weight excluding hydrogens is 236 g/mol. The monoisotopic (exact) mass is 250 g/mol. The molecular formula is C15H14N4. The molecule has 0 N–H and O–H groups in total. The summed E-state index contributed by atoms with van der Waals surface area (Å²) in [5, 5.41) is 26.1. The molecule has 4 heteroatoms. The smallest absolute Gasteiger partial charge is 0.145 e. The number of hydrogen-bond acceptors (Lipinski definition) is 4. The molecule has 0 saturated heterocycles. The summed E-state index contributed by atoms with van der Waals surface area (Å²) in [6, 6.07) is 15.7.